The van der Waals surface area contributed by atoms with Crippen LogP contribution < -0.4 is 5.32 Å². The third-order valence-electron chi connectivity index (χ3n) is 2.62. The van der Waals surface area contributed by atoms with Crippen LogP contribution in [0.5, 0.6) is 0 Å². The van der Waals surface area contributed by atoms with Gasteiger partial charge in [-0.05, 0) is 43.4 Å². The second kappa shape index (κ2) is 8.95. The molecule has 2 N–H and O–H groups in total. The number of benzene rings is 1. The minimum atomic E-state index is 0.0272. The maximum Gasteiger partial charge on any atom is 0.224 e. The first-order valence-corrected chi connectivity index (χ1v) is 6.85. The second-order valence-corrected chi connectivity index (χ2v) is 4.60. The average molecular weight is 270 g/mol. The van der Waals surface area contributed by atoms with E-state index in [0.29, 0.717) is 12.3 Å². The van der Waals surface area contributed by atoms with Crippen molar-refractivity contribution in [2.75, 3.05) is 17.8 Å². The fraction of sp³-hybridized carbons (Fsp3) is 0.500. The lowest BCUT2D eigenvalue weighted by molar-refractivity contribution is -0.116. The largest absolute Gasteiger partial charge is 0.396 e. The molecule has 100 valence electrons. The van der Waals surface area contributed by atoms with Gasteiger partial charge in [0.25, 0.3) is 0 Å². The third kappa shape index (κ3) is 6.03. The molecule has 18 heavy (non-hydrogen) atoms. The number of anilines is 1. The van der Waals surface area contributed by atoms with E-state index in [1.54, 1.807) is 0 Å². The highest BCUT2D eigenvalue weighted by Gasteiger charge is 2.02. The first-order valence-electron chi connectivity index (χ1n) is 6.32. The summed E-state index contributed by atoms with van der Waals surface area (Å²) in [4.78, 5) is 11.6. The van der Waals surface area contributed by atoms with Crippen LogP contribution in [0.3, 0.4) is 0 Å². The Labute approximate surface area is 113 Å². The number of nitrogens with one attached hydrogen (secondary N) is 1. The van der Waals surface area contributed by atoms with Gasteiger partial charge in [-0.1, -0.05) is 12.1 Å². The molecule has 0 fully saturated rings. The molecule has 0 saturated heterocycles. The van der Waals surface area contributed by atoms with E-state index < -0.39 is 0 Å². The number of rotatable bonds is 8. The number of aryl methyl sites for hydroxylation is 1. The van der Waals surface area contributed by atoms with Crippen LogP contribution in [0, 0.1) is 0 Å². The minimum Gasteiger partial charge on any atom is -0.396 e. The van der Waals surface area contributed by atoms with Crippen LogP contribution in [0.2, 0.25) is 0 Å². The van der Waals surface area contributed by atoms with Crippen LogP contribution in [0.25, 0.3) is 0 Å². The molecule has 1 aromatic carbocycles. The van der Waals surface area contributed by atoms with Crippen LogP contribution in [0.1, 0.15) is 31.2 Å². The summed E-state index contributed by atoms with van der Waals surface area (Å²) in [5, 5.41) is 11.7. The zero-order valence-electron chi connectivity index (χ0n) is 10.5. The molecule has 4 heteroatoms. The normalized spacial score (nSPS) is 10.3. The lowest BCUT2D eigenvalue weighted by Crippen LogP contribution is -2.11. The fourth-order valence-corrected chi connectivity index (χ4v) is 1.88. The van der Waals surface area contributed by atoms with Crippen molar-refractivity contribution in [2.45, 2.75) is 32.1 Å². The lowest BCUT2D eigenvalue weighted by Gasteiger charge is -2.07. The second-order valence-electron chi connectivity index (χ2n) is 4.22. The Morgan fingerprint density at radius 3 is 2.83 bits per heavy atom. The molecule has 1 rings (SSSR count). The van der Waals surface area contributed by atoms with E-state index >= 15 is 0 Å². The Balaban J connectivity index is 2.43. The summed E-state index contributed by atoms with van der Waals surface area (Å²) in [7, 11) is 0. The first kappa shape index (κ1) is 15.0. The molecule has 0 spiro atoms. The van der Waals surface area contributed by atoms with Crippen molar-refractivity contribution in [3.05, 3.63) is 29.8 Å². The summed E-state index contributed by atoms with van der Waals surface area (Å²) < 4.78 is 0. The summed E-state index contributed by atoms with van der Waals surface area (Å²) in [6, 6.07) is 7.75. The molecule has 0 aliphatic rings. The molecular weight excluding hydrogens is 250 g/mol. The van der Waals surface area contributed by atoms with E-state index in [1.165, 1.54) is 0 Å². The quantitative estimate of drug-likeness (QED) is 0.563. The topological polar surface area (TPSA) is 49.3 Å². The van der Waals surface area contributed by atoms with E-state index in [1.807, 2.05) is 24.3 Å². The third-order valence-corrected chi connectivity index (χ3v) is 2.89. The van der Waals surface area contributed by atoms with Crippen molar-refractivity contribution in [1.82, 2.24) is 0 Å². The van der Waals surface area contributed by atoms with E-state index in [0.717, 1.165) is 36.9 Å². The maximum atomic E-state index is 11.6. The summed E-state index contributed by atoms with van der Waals surface area (Å²) >= 11 is 5.56. The lowest BCUT2D eigenvalue weighted by atomic mass is 10.1. The first-order chi connectivity index (χ1) is 8.76. The SMILES string of the molecule is O=C(CCCCCl)Nc1cccc(CCCO)c1. The standard InChI is InChI=1S/C14H20ClNO2/c15-9-2-1-8-14(18)16-13-7-3-5-12(11-13)6-4-10-17/h3,5,7,11,17H,1-2,4,6,8-10H2,(H,16,18). The monoisotopic (exact) mass is 269 g/mol. The highest BCUT2D eigenvalue weighted by Crippen LogP contribution is 2.13. The van der Waals surface area contributed by atoms with Gasteiger partial charge in [0, 0.05) is 24.6 Å². The minimum absolute atomic E-state index is 0.0272. The van der Waals surface area contributed by atoms with Crippen molar-refractivity contribution < 1.29 is 9.90 Å². The number of alkyl halides is 1. The highest BCUT2D eigenvalue weighted by molar-refractivity contribution is 6.17. The zero-order valence-corrected chi connectivity index (χ0v) is 11.2. The molecule has 0 aliphatic carbocycles. The average Bonchev–Trinajstić information content (AvgIpc) is 2.37. The van der Waals surface area contributed by atoms with Gasteiger partial charge in [0.2, 0.25) is 5.91 Å². The van der Waals surface area contributed by atoms with Gasteiger partial charge in [-0.15, -0.1) is 11.6 Å². The number of carbonyl (C=O) groups excluding carboxylic acids is 1. The Bertz CT molecular complexity index is 369. The van der Waals surface area contributed by atoms with Gasteiger partial charge in [0.05, 0.1) is 0 Å². The van der Waals surface area contributed by atoms with Crippen molar-refractivity contribution in [2.24, 2.45) is 0 Å². The van der Waals surface area contributed by atoms with Crippen LogP contribution >= 0.6 is 11.6 Å². The van der Waals surface area contributed by atoms with Crippen LogP contribution in [-0.2, 0) is 11.2 Å². The van der Waals surface area contributed by atoms with Gasteiger partial charge < -0.3 is 10.4 Å². The molecule has 1 amide bonds. The summed E-state index contributed by atoms with van der Waals surface area (Å²) in [5.41, 5.74) is 1.95. The van der Waals surface area contributed by atoms with E-state index in [4.69, 9.17) is 16.7 Å². The Morgan fingerprint density at radius 1 is 1.28 bits per heavy atom. The highest BCUT2D eigenvalue weighted by atomic mass is 35.5. The number of unbranched alkanes of at least 4 members (excludes halogenated alkanes) is 1. The molecule has 0 aliphatic heterocycles. The number of aliphatic hydroxyl groups excluding tert-OH is 1. The van der Waals surface area contributed by atoms with Crippen LogP contribution in [0.15, 0.2) is 24.3 Å². The van der Waals surface area contributed by atoms with Gasteiger partial charge in [0.15, 0.2) is 0 Å². The van der Waals surface area contributed by atoms with Crippen LogP contribution in [0.4, 0.5) is 5.69 Å². The number of hydrogen-bond donors (Lipinski definition) is 2. The van der Waals surface area contributed by atoms with Crippen molar-refractivity contribution in [3.8, 4) is 0 Å². The summed E-state index contributed by atoms with van der Waals surface area (Å²) in [6.45, 7) is 0.189. The predicted molar refractivity (Wildman–Crippen MR) is 75.0 cm³/mol. The zero-order chi connectivity index (χ0) is 13.2. The molecule has 0 saturated carbocycles. The van der Waals surface area contributed by atoms with Crippen molar-refractivity contribution in [3.63, 3.8) is 0 Å². The van der Waals surface area contributed by atoms with Crippen molar-refractivity contribution in [1.29, 1.82) is 0 Å². The number of amides is 1. The summed E-state index contributed by atoms with van der Waals surface area (Å²) in [6.07, 6.45) is 3.76. The molecular formula is C14H20ClNO2. The van der Waals surface area contributed by atoms with Crippen LogP contribution in [-0.4, -0.2) is 23.5 Å². The van der Waals surface area contributed by atoms with E-state index in [9.17, 15) is 4.79 Å². The molecule has 0 bridgehead atoms. The Hall–Kier alpha value is -1.06. The Morgan fingerprint density at radius 2 is 2.11 bits per heavy atom. The Kier molecular flexibility index (Phi) is 7.46. The molecule has 0 radical (unpaired) electrons. The predicted octanol–water partition coefficient (Wildman–Crippen LogP) is 2.96. The van der Waals surface area contributed by atoms with Crippen molar-refractivity contribution >= 4 is 23.2 Å². The number of carbonyl (C=O) groups is 1. The van der Waals surface area contributed by atoms with Gasteiger partial charge in [-0.2, -0.15) is 0 Å². The molecule has 3 nitrogen and oxygen atoms in total. The van der Waals surface area contributed by atoms with Gasteiger partial charge in [-0.3, -0.25) is 4.79 Å². The van der Waals surface area contributed by atoms with Gasteiger partial charge >= 0.3 is 0 Å². The van der Waals surface area contributed by atoms with E-state index in [2.05, 4.69) is 5.32 Å². The molecule has 0 heterocycles. The fourth-order valence-electron chi connectivity index (χ4n) is 1.69. The molecule has 0 aromatic heterocycles. The number of hydrogen-bond acceptors (Lipinski definition) is 2. The number of aliphatic hydroxyl groups is 1. The maximum absolute atomic E-state index is 11.6. The summed E-state index contributed by atoms with van der Waals surface area (Å²) in [5.74, 6) is 0.628. The smallest absolute Gasteiger partial charge is 0.224 e. The van der Waals surface area contributed by atoms with Gasteiger partial charge in [0.1, 0.15) is 0 Å². The molecule has 0 atom stereocenters. The molecule has 0 unspecified atom stereocenters. The number of halogens is 1. The van der Waals surface area contributed by atoms with E-state index in [-0.39, 0.29) is 12.5 Å². The molecule has 1 aromatic rings. The van der Waals surface area contributed by atoms with Gasteiger partial charge in [-0.25, -0.2) is 0 Å².